The second-order valence-corrected chi connectivity index (χ2v) is 14.4. The van der Waals surface area contributed by atoms with E-state index in [4.69, 9.17) is 9.47 Å². The second kappa shape index (κ2) is 11.0. The van der Waals surface area contributed by atoms with E-state index in [0.717, 1.165) is 5.56 Å². The van der Waals surface area contributed by atoms with Gasteiger partial charge >= 0.3 is 0 Å². The summed E-state index contributed by atoms with van der Waals surface area (Å²) in [4.78, 5) is 30.8. The van der Waals surface area contributed by atoms with Crippen molar-refractivity contribution in [3.05, 3.63) is 72.3 Å². The van der Waals surface area contributed by atoms with Crippen molar-refractivity contribution in [2.24, 2.45) is 5.92 Å². The molecule has 1 spiro atoms. The molecule has 7 nitrogen and oxygen atoms in total. The van der Waals surface area contributed by atoms with E-state index in [1.165, 1.54) is 0 Å². The number of benzene rings is 2. The molecule has 0 saturated carbocycles. The van der Waals surface area contributed by atoms with Gasteiger partial charge in [-0.05, 0) is 36.9 Å². The van der Waals surface area contributed by atoms with Crippen molar-refractivity contribution >= 4 is 25.9 Å². The molecule has 38 heavy (non-hydrogen) atoms. The third-order valence-corrected chi connectivity index (χ3v) is 10.3. The number of nitrogens with zero attached hydrogens (tertiary/aromatic N) is 2. The van der Waals surface area contributed by atoms with Crippen LogP contribution < -0.4 is 9.64 Å². The number of carbonyl (C=O) groups is 2. The summed E-state index contributed by atoms with van der Waals surface area (Å²) in [5.74, 6) is -0.472. The Hall–Kier alpha value is -3.01. The van der Waals surface area contributed by atoms with Crippen molar-refractivity contribution < 1.29 is 28.3 Å². The number of amides is 2. The molecule has 4 rings (SSSR count). The van der Waals surface area contributed by atoms with Crippen molar-refractivity contribution in [1.29, 1.82) is 0 Å². The highest BCUT2D eigenvalue weighted by Gasteiger charge is 2.67. The first-order valence-electron chi connectivity index (χ1n) is 13.0. The number of rotatable bonds is 10. The maximum absolute atomic E-state index is 16.0. The number of ether oxygens (including phenoxy) is 2. The Kier molecular flexibility index (Phi) is 8.11. The van der Waals surface area contributed by atoms with E-state index in [1.807, 2.05) is 43.3 Å². The lowest BCUT2D eigenvalue weighted by Crippen LogP contribution is -2.45. The van der Waals surface area contributed by atoms with E-state index >= 15 is 4.11 Å². The number of aliphatic hydroxyl groups excluding tert-OH is 1. The Balaban J connectivity index is 1.72. The largest absolute Gasteiger partial charge is 0.497 e. The first-order chi connectivity index (χ1) is 18.1. The summed E-state index contributed by atoms with van der Waals surface area (Å²) in [6.07, 6.45) is 0.762. The standard InChI is InChI=1S/C29H37FN2O5Si/c1-6-14-32-24-13-12-22(36-3)17-23(24)29(28(32)35)20(2)27(38(4,5)30)25(37-29)18-26(34)31(15-16-33)19-21-10-8-7-9-11-21/h6-13,17,20,25,27,33H,1,14-16,18-19H2,2-5H3/t20-,25+,27-,29+/m1/s1. The van der Waals surface area contributed by atoms with Crippen molar-refractivity contribution in [3.8, 4) is 5.75 Å². The molecule has 2 aromatic carbocycles. The van der Waals surface area contributed by atoms with Crippen molar-refractivity contribution in [2.75, 3.05) is 31.7 Å². The van der Waals surface area contributed by atoms with Gasteiger partial charge < -0.3 is 28.5 Å². The minimum atomic E-state index is -3.42. The smallest absolute Gasteiger partial charge is 0.264 e. The summed E-state index contributed by atoms with van der Waals surface area (Å²) in [5, 5.41) is 9.64. The molecule has 204 valence electrons. The van der Waals surface area contributed by atoms with Gasteiger partial charge in [-0.3, -0.25) is 9.59 Å². The van der Waals surface area contributed by atoms with E-state index < -0.39 is 31.6 Å². The molecule has 1 N–H and O–H groups in total. The average molecular weight is 541 g/mol. The van der Waals surface area contributed by atoms with Gasteiger partial charge in [-0.25, -0.2) is 0 Å². The summed E-state index contributed by atoms with van der Waals surface area (Å²) in [6.45, 7) is 9.42. The molecule has 9 heteroatoms. The maximum atomic E-state index is 16.0. The molecule has 2 heterocycles. The number of halogens is 1. The number of fused-ring (bicyclic) bond motifs is 2. The van der Waals surface area contributed by atoms with Crippen molar-refractivity contribution in [2.45, 2.75) is 50.2 Å². The molecule has 2 aliphatic heterocycles. The van der Waals surface area contributed by atoms with Gasteiger partial charge in [0.15, 0.2) is 5.60 Å². The number of hydrogen-bond acceptors (Lipinski definition) is 5. The number of hydrogen-bond donors (Lipinski definition) is 1. The van der Waals surface area contributed by atoms with Crippen LogP contribution >= 0.6 is 0 Å². The highest BCUT2D eigenvalue weighted by molar-refractivity contribution is 6.72. The Morgan fingerprint density at radius 3 is 2.61 bits per heavy atom. The van der Waals surface area contributed by atoms with Crippen LogP contribution in [0.25, 0.3) is 0 Å². The maximum Gasteiger partial charge on any atom is 0.264 e. The van der Waals surface area contributed by atoms with Gasteiger partial charge in [0.1, 0.15) is 5.75 Å². The topological polar surface area (TPSA) is 79.3 Å². The highest BCUT2D eigenvalue weighted by atomic mass is 28.4. The molecule has 2 aliphatic rings. The summed E-state index contributed by atoms with van der Waals surface area (Å²) < 4.78 is 28.1. The molecule has 1 fully saturated rings. The zero-order valence-electron chi connectivity index (χ0n) is 22.5. The Morgan fingerprint density at radius 2 is 2.00 bits per heavy atom. The first-order valence-corrected chi connectivity index (χ1v) is 15.9. The van der Waals surface area contributed by atoms with Crippen molar-refractivity contribution in [1.82, 2.24) is 4.90 Å². The SMILES string of the molecule is C=CCN1C(=O)[C@@]2(O[C@@H](CC(=O)N(CCO)Cc3ccccc3)[C@H]([Si](C)(C)F)[C@H]2C)c2cc(OC)ccc21. The van der Waals surface area contributed by atoms with Gasteiger partial charge in [0.2, 0.25) is 14.3 Å². The van der Waals surface area contributed by atoms with E-state index in [9.17, 15) is 14.7 Å². The molecule has 0 unspecified atom stereocenters. The van der Waals surface area contributed by atoms with E-state index in [2.05, 4.69) is 6.58 Å². The van der Waals surface area contributed by atoms with Crippen LogP contribution in [0, 0.1) is 5.92 Å². The fourth-order valence-electron chi connectivity index (χ4n) is 6.18. The van der Waals surface area contributed by atoms with Crippen LogP contribution in [0.4, 0.5) is 9.80 Å². The van der Waals surface area contributed by atoms with E-state index in [0.29, 0.717) is 23.5 Å². The zero-order chi connectivity index (χ0) is 27.7. The van der Waals surface area contributed by atoms with Crippen LogP contribution in [0.3, 0.4) is 0 Å². The van der Waals surface area contributed by atoms with Gasteiger partial charge in [-0.2, -0.15) is 0 Å². The van der Waals surface area contributed by atoms with Crippen LogP contribution in [0.5, 0.6) is 5.75 Å². The van der Waals surface area contributed by atoms with Gasteiger partial charge in [0.05, 0.1) is 31.9 Å². The molecule has 2 aromatic rings. The average Bonchev–Trinajstić information content (AvgIpc) is 3.31. The molecule has 1 saturated heterocycles. The monoisotopic (exact) mass is 540 g/mol. The summed E-state index contributed by atoms with van der Waals surface area (Å²) in [7, 11) is -1.87. The summed E-state index contributed by atoms with van der Waals surface area (Å²) in [6, 6.07) is 14.9. The summed E-state index contributed by atoms with van der Waals surface area (Å²) in [5.41, 5.74) is 0.199. The molecule has 0 radical (unpaired) electrons. The minimum Gasteiger partial charge on any atom is -0.497 e. The van der Waals surface area contributed by atoms with Gasteiger partial charge in [-0.15, -0.1) is 6.58 Å². The number of carbonyl (C=O) groups excluding carboxylic acids is 2. The highest BCUT2D eigenvalue weighted by Crippen LogP contribution is 2.60. The Bertz CT molecular complexity index is 1190. The fraction of sp³-hybridized carbons (Fsp3) is 0.448. The normalized spacial score (nSPS) is 24.5. The van der Waals surface area contributed by atoms with Gasteiger partial charge in [0.25, 0.3) is 5.91 Å². The zero-order valence-corrected chi connectivity index (χ0v) is 23.5. The fourth-order valence-corrected chi connectivity index (χ4v) is 8.68. The lowest BCUT2D eigenvalue weighted by Gasteiger charge is -2.31. The van der Waals surface area contributed by atoms with Gasteiger partial charge in [0, 0.05) is 36.7 Å². The molecular formula is C29H37FN2O5Si. The van der Waals surface area contributed by atoms with Crippen LogP contribution in [0.15, 0.2) is 61.2 Å². The third-order valence-electron chi connectivity index (χ3n) is 7.79. The second-order valence-electron chi connectivity index (χ2n) is 10.6. The predicted molar refractivity (Wildman–Crippen MR) is 147 cm³/mol. The Morgan fingerprint density at radius 1 is 1.29 bits per heavy atom. The van der Waals surface area contributed by atoms with Crippen LogP contribution in [-0.4, -0.2) is 63.1 Å². The quantitative estimate of drug-likeness (QED) is 0.274. The van der Waals surface area contributed by atoms with Gasteiger partial charge in [-0.1, -0.05) is 43.3 Å². The molecule has 0 aromatic heterocycles. The number of anilines is 1. The number of aliphatic hydroxyl groups is 1. The molecular weight excluding hydrogens is 503 g/mol. The van der Waals surface area contributed by atoms with E-state index in [1.54, 1.807) is 48.2 Å². The van der Waals surface area contributed by atoms with Crippen molar-refractivity contribution in [3.63, 3.8) is 0 Å². The van der Waals surface area contributed by atoms with E-state index in [-0.39, 0.29) is 37.9 Å². The predicted octanol–water partition coefficient (Wildman–Crippen LogP) is 4.41. The third kappa shape index (κ3) is 4.90. The molecule has 0 bridgehead atoms. The molecule has 0 aliphatic carbocycles. The molecule has 2 amide bonds. The number of methoxy groups -OCH3 is 1. The van der Waals surface area contributed by atoms with Crippen LogP contribution in [-0.2, 0) is 26.5 Å². The lowest BCUT2D eigenvalue weighted by atomic mass is 9.82. The first kappa shape index (κ1) is 28.0. The lowest BCUT2D eigenvalue weighted by molar-refractivity contribution is -0.149. The van der Waals surface area contributed by atoms with Crippen LogP contribution in [0.1, 0.15) is 24.5 Å². The Labute approximate surface area is 225 Å². The molecule has 4 atom stereocenters. The minimum absolute atomic E-state index is 0.0853. The summed E-state index contributed by atoms with van der Waals surface area (Å²) >= 11 is 0. The van der Waals surface area contributed by atoms with Crippen LogP contribution in [0.2, 0.25) is 18.6 Å².